The standard InChI is InChI=1S/C8H15NO.C2H4/c1-6-4-5-9(7(6)2)8(3)10;1-2/h6-7H,4-5H2,1-3H3;1-2H2. The first-order valence-electron chi connectivity index (χ1n) is 4.40. The van der Waals surface area contributed by atoms with Crippen LogP contribution in [0.5, 0.6) is 0 Å². The summed E-state index contributed by atoms with van der Waals surface area (Å²) >= 11 is 0. The van der Waals surface area contributed by atoms with Gasteiger partial charge in [0.2, 0.25) is 5.91 Å². The molecule has 0 spiro atoms. The first-order chi connectivity index (χ1) is 5.63. The fourth-order valence-corrected chi connectivity index (χ4v) is 1.54. The van der Waals surface area contributed by atoms with Gasteiger partial charge in [-0.1, -0.05) is 6.92 Å². The molecule has 1 amide bonds. The van der Waals surface area contributed by atoms with Gasteiger partial charge in [0.05, 0.1) is 0 Å². The van der Waals surface area contributed by atoms with Crippen LogP contribution in [0.3, 0.4) is 0 Å². The molecule has 0 aromatic rings. The molecule has 70 valence electrons. The summed E-state index contributed by atoms with van der Waals surface area (Å²) in [5, 5.41) is 0. The quantitative estimate of drug-likeness (QED) is 0.508. The van der Waals surface area contributed by atoms with E-state index < -0.39 is 0 Å². The van der Waals surface area contributed by atoms with Crippen molar-refractivity contribution in [3.63, 3.8) is 0 Å². The van der Waals surface area contributed by atoms with Crippen molar-refractivity contribution in [2.75, 3.05) is 6.54 Å². The normalized spacial score (nSPS) is 27.8. The fraction of sp³-hybridized carbons (Fsp3) is 0.700. The molecule has 0 bridgehead atoms. The van der Waals surface area contributed by atoms with E-state index in [1.165, 1.54) is 6.42 Å². The number of carbonyl (C=O) groups excluding carboxylic acids is 1. The van der Waals surface area contributed by atoms with Gasteiger partial charge in [-0.3, -0.25) is 4.79 Å². The summed E-state index contributed by atoms with van der Waals surface area (Å²) in [6.45, 7) is 12.9. The van der Waals surface area contributed by atoms with Gasteiger partial charge >= 0.3 is 0 Å². The van der Waals surface area contributed by atoms with Gasteiger partial charge in [0.25, 0.3) is 0 Å². The predicted octanol–water partition coefficient (Wildman–Crippen LogP) is 2.07. The monoisotopic (exact) mass is 169 g/mol. The van der Waals surface area contributed by atoms with Crippen LogP contribution in [0.25, 0.3) is 0 Å². The van der Waals surface area contributed by atoms with Crippen LogP contribution in [0.15, 0.2) is 13.2 Å². The Morgan fingerprint density at radius 2 is 1.92 bits per heavy atom. The zero-order chi connectivity index (χ0) is 9.72. The Balaban J connectivity index is 0.000000561. The first-order valence-corrected chi connectivity index (χ1v) is 4.40. The number of rotatable bonds is 0. The van der Waals surface area contributed by atoms with Gasteiger partial charge in [0.1, 0.15) is 0 Å². The van der Waals surface area contributed by atoms with E-state index in [-0.39, 0.29) is 5.91 Å². The minimum absolute atomic E-state index is 0.219. The molecular formula is C10H19NO. The third-order valence-corrected chi connectivity index (χ3v) is 2.54. The van der Waals surface area contributed by atoms with Crippen molar-refractivity contribution in [2.45, 2.75) is 33.2 Å². The number of carbonyl (C=O) groups is 1. The minimum atomic E-state index is 0.219. The Bertz CT molecular complexity index is 156. The van der Waals surface area contributed by atoms with Crippen molar-refractivity contribution >= 4 is 5.91 Å². The van der Waals surface area contributed by atoms with E-state index >= 15 is 0 Å². The molecule has 2 nitrogen and oxygen atoms in total. The lowest BCUT2D eigenvalue weighted by molar-refractivity contribution is -0.129. The molecule has 2 heteroatoms. The van der Waals surface area contributed by atoms with Gasteiger partial charge in [-0.2, -0.15) is 0 Å². The molecule has 1 aliphatic rings. The second-order valence-corrected chi connectivity index (χ2v) is 3.22. The number of amides is 1. The molecule has 0 radical (unpaired) electrons. The SMILES string of the molecule is C=C.CC(=O)N1CCC(C)C1C. The molecule has 0 aromatic carbocycles. The third kappa shape index (κ3) is 2.36. The van der Waals surface area contributed by atoms with E-state index in [4.69, 9.17) is 0 Å². The lowest BCUT2D eigenvalue weighted by atomic mass is 10.1. The van der Waals surface area contributed by atoms with Crippen LogP contribution in [0.2, 0.25) is 0 Å². The van der Waals surface area contributed by atoms with E-state index in [0.29, 0.717) is 12.0 Å². The Morgan fingerprint density at radius 1 is 1.42 bits per heavy atom. The molecule has 1 heterocycles. The molecule has 1 rings (SSSR count). The van der Waals surface area contributed by atoms with Crippen molar-refractivity contribution < 1.29 is 4.79 Å². The van der Waals surface area contributed by atoms with Crippen LogP contribution in [0.1, 0.15) is 27.2 Å². The number of hydrogen-bond acceptors (Lipinski definition) is 1. The average Bonchev–Trinajstić information content (AvgIpc) is 2.37. The van der Waals surface area contributed by atoms with Crippen molar-refractivity contribution in [1.29, 1.82) is 0 Å². The van der Waals surface area contributed by atoms with Crippen molar-refractivity contribution in [1.82, 2.24) is 4.90 Å². The summed E-state index contributed by atoms with van der Waals surface area (Å²) < 4.78 is 0. The highest BCUT2D eigenvalue weighted by Crippen LogP contribution is 2.22. The largest absolute Gasteiger partial charge is 0.340 e. The van der Waals surface area contributed by atoms with Crippen molar-refractivity contribution in [2.24, 2.45) is 5.92 Å². The van der Waals surface area contributed by atoms with E-state index in [1.807, 2.05) is 4.90 Å². The zero-order valence-electron chi connectivity index (χ0n) is 8.34. The highest BCUT2D eigenvalue weighted by molar-refractivity contribution is 5.73. The number of likely N-dealkylation sites (tertiary alicyclic amines) is 1. The van der Waals surface area contributed by atoms with E-state index in [9.17, 15) is 4.79 Å². The van der Waals surface area contributed by atoms with Crippen molar-refractivity contribution in [3.8, 4) is 0 Å². The molecular weight excluding hydrogens is 150 g/mol. The maximum absolute atomic E-state index is 10.9. The lowest BCUT2D eigenvalue weighted by Gasteiger charge is -2.21. The molecule has 1 saturated heterocycles. The number of nitrogens with zero attached hydrogens (tertiary/aromatic N) is 1. The summed E-state index contributed by atoms with van der Waals surface area (Å²) in [7, 11) is 0. The highest BCUT2D eigenvalue weighted by atomic mass is 16.2. The van der Waals surface area contributed by atoms with E-state index in [1.54, 1.807) is 6.92 Å². The first kappa shape index (κ1) is 11.2. The Labute approximate surface area is 75.3 Å². The molecule has 2 unspecified atom stereocenters. The summed E-state index contributed by atoms with van der Waals surface area (Å²) in [6, 6.07) is 0.456. The van der Waals surface area contributed by atoms with Crippen LogP contribution < -0.4 is 0 Å². The van der Waals surface area contributed by atoms with Gasteiger partial charge in [0, 0.05) is 19.5 Å². The van der Waals surface area contributed by atoms with Gasteiger partial charge in [-0.25, -0.2) is 0 Å². The maximum atomic E-state index is 10.9. The summed E-state index contributed by atoms with van der Waals surface area (Å²) in [4.78, 5) is 12.9. The van der Waals surface area contributed by atoms with Crippen LogP contribution in [0.4, 0.5) is 0 Å². The van der Waals surface area contributed by atoms with Crippen LogP contribution in [0, 0.1) is 5.92 Å². The Kier molecular flexibility index (Phi) is 4.64. The molecule has 1 aliphatic heterocycles. The molecule has 0 aromatic heterocycles. The molecule has 0 aliphatic carbocycles. The van der Waals surface area contributed by atoms with Gasteiger partial charge in [-0.15, -0.1) is 13.2 Å². The molecule has 2 atom stereocenters. The summed E-state index contributed by atoms with van der Waals surface area (Å²) in [5.41, 5.74) is 0. The van der Waals surface area contributed by atoms with Crippen molar-refractivity contribution in [3.05, 3.63) is 13.2 Å². The van der Waals surface area contributed by atoms with Gasteiger partial charge < -0.3 is 4.90 Å². The predicted molar refractivity (Wildman–Crippen MR) is 51.9 cm³/mol. The van der Waals surface area contributed by atoms with Gasteiger partial charge in [-0.05, 0) is 19.3 Å². The second kappa shape index (κ2) is 4.96. The van der Waals surface area contributed by atoms with Crippen LogP contribution in [-0.2, 0) is 4.79 Å². The van der Waals surface area contributed by atoms with E-state index in [0.717, 1.165) is 6.54 Å². The zero-order valence-corrected chi connectivity index (χ0v) is 8.34. The Morgan fingerprint density at radius 3 is 2.08 bits per heavy atom. The Hall–Kier alpha value is -0.790. The minimum Gasteiger partial charge on any atom is -0.340 e. The molecule has 0 N–H and O–H groups in total. The maximum Gasteiger partial charge on any atom is 0.219 e. The summed E-state index contributed by atoms with van der Waals surface area (Å²) in [6.07, 6.45) is 1.17. The fourth-order valence-electron chi connectivity index (χ4n) is 1.54. The van der Waals surface area contributed by atoms with Crippen LogP contribution >= 0.6 is 0 Å². The second-order valence-electron chi connectivity index (χ2n) is 3.22. The van der Waals surface area contributed by atoms with E-state index in [2.05, 4.69) is 27.0 Å². The van der Waals surface area contributed by atoms with Gasteiger partial charge in [0.15, 0.2) is 0 Å². The number of hydrogen-bond donors (Lipinski definition) is 0. The molecule has 0 saturated carbocycles. The molecule has 1 fully saturated rings. The summed E-state index contributed by atoms with van der Waals surface area (Å²) in [5.74, 6) is 0.903. The lowest BCUT2D eigenvalue weighted by Crippen LogP contribution is -2.33. The average molecular weight is 169 g/mol. The van der Waals surface area contributed by atoms with Crippen LogP contribution in [-0.4, -0.2) is 23.4 Å². The molecule has 12 heavy (non-hydrogen) atoms. The third-order valence-electron chi connectivity index (χ3n) is 2.54. The topological polar surface area (TPSA) is 20.3 Å². The smallest absolute Gasteiger partial charge is 0.219 e. The highest BCUT2D eigenvalue weighted by Gasteiger charge is 2.28.